The molecule has 19 heavy (non-hydrogen) atoms. The van der Waals surface area contributed by atoms with Crippen molar-refractivity contribution in [3.63, 3.8) is 0 Å². The molecule has 0 amide bonds. The first-order valence-corrected chi connectivity index (χ1v) is 6.08. The number of hydrogen-bond acceptors (Lipinski definition) is 5. The molecule has 0 unspecified atom stereocenters. The number of nitrogens with zero attached hydrogens (tertiary/aromatic N) is 3. The predicted molar refractivity (Wildman–Crippen MR) is 73.3 cm³/mol. The Morgan fingerprint density at radius 2 is 2.16 bits per heavy atom. The zero-order valence-corrected chi connectivity index (χ0v) is 10.7. The number of nitrogens with one attached hydrogen (secondary N) is 1. The summed E-state index contributed by atoms with van der Waals surface area (Å²) in [6, 6.07) is 8.83. The second kappa shape index (κ2) is 5.99. The predicted octanol–water partition coefficient (Wildman–Crippen LogP) is 0.756. The fourth-order valence-corrected chi connectivity index (χ4v) is 1.75. The average Bonchev–Trinajstić information content (AvgIpc) is 2.46. The zero-order valence-electron chi connectivity index (χ0n) is 10.7. The van der Waals surface area contributed by atoms with E-state index in [9.17, 15) is 9.90 Å². The van der Waals surface area contributed by atoms with Gasteiger partial charge in [0.05, 0.1) is 0 Å². The molecule has 0 radical (unpaired) electrons. The second-order valence-corrected chi connectivity index (χ2v) is 4.13. The molecular formula is C13H16N4O2. The zero-order chi connectivity index (χ0) is 13.7. The highest BCUT2D eigenvalue weighted by atomic mass is 16.4. The lowest BCUT2D eigenvalue weighted by molar-refractivity contribution is -0.129. The van der Waals surface area contributed by atoms with Crippen LogP contribution in [-0.2, 0) is 4.79 Å². The molecule has 1 aromatic carbocycles. The fraction of sp³-hybridized carbons (Fsp3) is 0.308. The maximum absolute atomic E-state index is 11.3. The first-order valence-electron chi connectivity index (χ1n) is 6.08. The molecule has 0 saturated carbocycles. The minimum Gasteiger partial charge on any atom is -0.476 e. The Bertz CT molecular complexity index is 511. The number of aliphatic carboxylic acids is 1. The summed E-state index contributed by atoms with van der Waals surface area (Å²) < 4.78 is 0. The number of benzene rings is 1. The molecule has 100 valence electrons. The minimum absolute atomic E-state index is 0.00169. The Kier molecular flexibility index (Phi) is 4.12. The highest BCUT2D eigenvalue weighted by Gasteiger charge is 2.16. The Morgan fingerprint density at radius 1 is 1.42 bits per heavy atom. The number of hydrazone groups is 1. The number of carboxylic acids is 1. The van der Waals surface area contributed by atoms with E-state index in [1.165, 1.54) is 5.01 Å². The van der Waals surface area contributed by atoms with Gasteiger partial charge < -0.3 is 10.4 Å². The maximum Gasteiger partial charge on any atom is 0.356 e. The van der Waals surface area contributed by atoms with Gasteiger partial charge >= 0.3 is 5.97 Å². The summed E-state index contributed by atoms with van der Waals surface area (Å²) in [5.41, 5.74) is 0.566. The van der Waals surface area contributed by atoms with Crippen LogP contribution in [0.3, 0.4) is 0 Å². The summed E-state index contributed by atoms with van der Waals surface area (Å²) in [7, 11) is 1.68. The van der Waals surface area contributed by atoms with Crippen molar-refractivity contribution in [2.24, 2.45) is 10.1 Å². The Labute approximate surface area is 111 Å². The van der Waals surface area contributed by atoms with Crippen LogP contribution in [0.2, 0.25) is 0 Å². The summed E-state index contributed by atoms with van der Waals surface area (Å²) in [5.74, 6) is -0.463. The molecule has 0 aromatic heterocycles. The van der Waals surface area contributed by atoms with Gasteiger partial charge in [0.1, 0.15) is 0 Å². The highest BCUT2D eigenvalue weighted by molar-refractivity contribution is 6.42. The van der Waals surface area contributed by atoms with Crippen LogP contribution in [0.4, 0.5) is 0 Å². The Morgan fingerprint density at radius 3 is 2.74 bits per heavy atom. The van der Waals surface area contributed by atoms with E-state index in [1.54, 1.807) is 31.3 Å². The number of rotatable bonds is 3. The quantitative estimate of drug-likeness (QED) is 0.621. The van der Waals surface area contributed by atoms with E-state index in [4.69, 9.17) is 0 Å². The van der Waals surface area contributed by atoms with Crippen LogP contribution < -0.4 is 5.32 Å². The highest BCUT2D eigenvalue weighted by Crippen LogP contribution is 2.04. The summed E-state index contributed by atoms with van der Waals surface area (Å²) >= 11 is 0. The third-order valence-electron chi connectivity index (χ3n) is 2.69. The maximum atomic E-state index is 11.3. The molecule has 0 aliphatic carbocycles. The van der Waals surface area contributed by atoms with Crippen LogP contribution in [0.1, 0.15) is 12.0 Å². The molecule has 0 atom stereocenters. The first-order chi connectivity index (χ1) is 9.18. The number of guanidine groups is 1. The van der Waals surface area contributed by atoms with Gasteiger partial charge in [-0.3, -0.25) is 4.99 Å². The molecule has 1 aliphatic rings. The van der Waals surface area contributed by atoms with Crippen LogP contribution in [0, 0.1) is 0 Å². The monoisotopic (exact) mass is 260 g/mol. The van der Waals surface area contributed by atoms with Crippen LogP contribution in [0.15, 0.2) is 40.4 Å². The van der Waals surface area contributed by atoms with E-state index >= 15 is 0 Å². The van der Waals surface area contributed by atoms with Crippen molar-refractivity contribution in [1.29, 1.82) is 0 Å². The first kappa shape index (κ1) is 13.1. The fourth-order valence-electron chi connectivity index (χ4n) is 1.75. The van der Waals surface area contributed by atoms with E-state index in [2.05, 4.69) is 15.4 Å². The Hall–Kier alpha value is -2.37. The summed E-state index contributed by atoms with van der Waals surface area (Å²) in [4.78, 5) is 15.6. The largest absolute Gasteiger partial charge is 0.476 e. The van der Waals surface area contributed by atoms with Gasteiger partial charge in [0.2, 0.25) is 5.96 Å². The lowest BCUT2D eigenvalue weighted by Gasteiger charge is -2.21. The summed E-state index contributed by atoms with van der Waals surface area (Å²) in [5, 5.41) is 17.9. The van der Waals surface area contributed by atoms with Crippen molar-refractivity contribution in [3.8, 4) is 0 Å². The van der Waals surface area contributed by atoms with E-state index in [1.807, 2.05) is 6.07 Å². The summed E-state index contributed by atoms with van der Waals surface area (Å²) in [6.07, 6.45) is 0.978. The van der Waals surface area contributed by atoms with Gasteiger partial charge in [0.25, 0.3) is 0 Å². The SMILES string of the molecule is CN(/N=C(/C(=O)O)c1ccccc1)C1=NCCCN1. The molecule has 0 bridgehead atoms. The number of carboxylic acid groups (broad SMARTS) is 1. The van der Waals surface area contributed by atoms with Gasteiger partial charge in [-0.25, -0.2) is 9.80 Å². The van der Waals surface area contributed by atoms with E-state index in [0.29, 0.717) is 11.5 Å². The summed E-state index contributed by atoms with van der Waals surface area (Å²) in [6.45, 7) is 1.56. The molecule has 0 spiro atoms. The topological polar surface area (TPSA) is 77.3 Å². The van der Waals surface area contributed by atoms with Crippen molar-refractivity contribution in [3.05, 3.63) is 35.9 Å². The smallest absolute Gasteiger partial charge is 0.356 e. The molecule has 1 aromatic rings. The van der Waals surface area contributed by atoms with E-state index in [-0.39, 0.29) is 5.71 Å². The molecule has 0 fully saturated rings. The molecule has 1 heterocycles. The third kappa shape index (κ3) is 3.31. The number of carbonyl (C=O) groups is 1. The van der Waals surface area contributed by atoms with Gasteiger partial charge in [-0.05, 0) is 6.42 Å². The van der Waals surface area contributed by atoms with E-state index < -0.39 is 5.97 Å². The number of aliphatic imine (C=N–C) groups is 1. The minimum atomic E-state index is -1.06. The van der Waals surface area contributed by atoms with Gasteiger partial charge in [-0.15, -0.1) is 0 Å². The second-order valence-electron chi connectivity index (χ2n) is 4.13. The van der Waals surface area contributed by atoms with Crippen molar-refractivity contribution in [1.82, 2.24) is 10.3 Å². The molecule has 2 rings (SSSR count). The van der Waals surface area contributed by atoms with Crippen molar-refractivity contribution in [2.75, 3.05) is 20.1 Å². The lowest BCUT2D eigenvalue weighted by Crippen LogP contribution is -2.40. The van der Waals surface area contributed by atoms with E-state index in [0.717, 1.165) is 19.5 Å². The molecule has 0 saturated heterocycles. The van der Waals surface area contributed by atoms with Crippen LogP contribution in [-0.4, -0.2) is 47.9 Å². The third-order valence-corrected chi connectivity index (χ3v) is 2.69. The lowest BCUT2D eigenvalue weighted by atomic mass is 10.1. The Balaban J connectivity index is 2.26. The molecule has 2 N–H and O–H groups in total. The molecule has 1 aliphatic heterocycles. The van der Waals surface area contributed by atoms with Gasteiger partial charge in [-0.2, -0.15) is 5.10 Å². The van der Waals surface area contributed by atoms with Gasteiger partial charge in [0, 0.05) is 25.7 Å². The van der Waals surface area contributed by atoms with Crippen LogP contribution >= 0.6 is 0 Å². The van der Waals surface area contributed by atoms with Crippen LogP contribution in [0.25, 0.3) is 0 Å². The van der Waals surface area contributed by atoms with Crippen LogP contribution in [0.5, 0.6) is 0 Å². The normalized spacial score (nSPS) is 15.4. The number of hydrogen-bond donors (Lipinski definition) is 2. The standard InChI is InChI=1S/C13H16N4O2/c1-17(13-14-8-5-9-15-13)16-11(12(18)19)10-6-3-2-4-7-10/h2-4,6-7H,5,8-9H2,1H3,(H,14,15)(H,18,19)/b16-11+. The van der Waals surface area contributed by atoms with Gasteiger partial charge in [-0.1, -0.05) is 30.3 Å². The van der Waals surface area contributed by atoms with Gasteiger partial charge in [0.15, 0.2) is 5.71 Å². The van der Waals surface area contributed by atoms with Crippen molar-refractivity contribution >= 4 is 17.6 Å². The molecular weight excluding hydrogens is 244 g/mol. The van der Waals surface area contributed by atoms with Crippen molar-refractivity contribution in [2.45, 2.75) is 6.42 Å². The molecule has 6 heteroatoms. The molecule has 6 nitrogen and oxygen atoms in total. The van der Waals surface area contributed by atoms with Crippen molar-refractivity contribution < 1.29 is 9.90 Å². The average molecular weight is 260 g/mol.